The van der Waals surface area contributed by atoms with Crippen molar-refractivity contribution in [1.29, 1.82) is 0 Å². The Morgan fingerprint density at radius 1 is 1.00 bits per heavy atom. The van der Waals surface area contributed by atoms with Gasteiger partial charge in [0.1, 0.15) is 6.17 Å². The van der Waals surface area contributed by atoms with Crippen LogP contribution in [-0.4, -0.2) is 15.9 Å². The standard InChI is InChI=1S/C18H19Cl3N2O/c1-11-5-4-6-14(10-11)16(24)23-17(18(19,20)21)22-15-8-7-12(2)9-13(15)3/h4-10,17,22H,1-3H3,(H,23,24)/t17-/m1/s1. The minimum atomic E-state index is -1.71. The molecule has 0 aliphatic heterocycles. The highest BCUT2D eigenvalue weighted by Gasteiger charge is 2.34. The van der Waals surface area contributed by atoms with Crippen LogP contribution in [0, 0.1) is 20.8 Å². The SMILES string of the molecule is Cc1cccc(C(=O)N[C@@H](Nc2ccc(C)cc2C)C(Cl)(Cl)Cl)c1. The summed E-state index contributed by atoms with van der Waals surface area (Å²) in [6, 6.07) is 13.1. The predicted molar refractivity (Wildman–Crippen MR) is 102 cm³/mol. The summed E-state index contributed by atoms with van der Waals surface area (Å²) in [5, 5.41) is 5.85. The minimum Gasteiger partial charge on any atom is -0.362 e. The first-order valence-electron chi connectivity index (χ1n) is 7.45. The van der Waals surface area contributed by atoms with Gasteiger partial charge < -0.3 is 10.6 Å². The van der Waals surface area contributed by atoms with E-state index >= 15 is 0 Å². The highest BCUT2D eigenvalue weighted by atomic mass is 35.6. The number of carbonyl (C=O) groups is 1. The van der Waals surface area contributed by atoms with E-state index in [1.807, 2.05) is 51.1 Å². The lowest BCUT2D eigenvalue weighted by molar-refractivity contribution is 0.0941. The zero-order valence-electron chi connectivity index (χ0n) is 13.7. The molecule has 6 heteroatoms. The molecule has 3 nitrogen and oxygen atoms in total. The molecule has 2 rings (SSSR count). The molecule has 2 aromatic rings. The van der Waals surface area contributed by atoms with Crippen LogP contribution in [-0.2, 0) is 0 Å². The number of nitrogens with one attached hydrogen (secondary N) is 2. The number of halogens is 3. The second-order valence-electron chi connectivity index (χ2n) is 5.78. The zero-order valence-corrected chi connectivity index (χ0v) is 15.9. The number of benzene rings is 2. The number of amides is 1. The third-order valence-electron chi connectivity index (χ3n) is 3.56. The molecular formula is C18H19Cl3N2O. The molecule has 0 aliphatic carbocycles. The fourth-order valence-electron chi connectivity index (χ4n) is 2.33. The third-order valence-corrected chi connectivity index (χ3v) is 4.22. The average Bonchev–Trinajstić information content (AvgIpc) is 2.48. The topological polar surface area (TPSA) is 41.1 Å². The first-order valence-corrected chi connectivity index (χ1v) is 8.58. The molecule has 0 aliphatic rings. The second kappa shape index (κ2) is 7.64. The van der Waals surface area contributed by atoms with E-state index in [-0.39, 0.29) is 5.91 Å². The van der Waals surface area contributed by atoms with Crippen LogP contribution in [0.1, 0.15) is 27.0 Å². The molecule has 0 heterocycles. The summed E-state index contributed by atoms with van der Waals surface area (Å²) in [6.07, 6.45) is -0.878. The van der Waals surface area contributed by atoms with E-state index < -0.39 is 9.96 Å². The number of rotatable bonds is 4. The molecule has 128 valence electrons. The Morgan fingerprint density at radius 3 is 2.25 bits per heavy atom. The summed E-state index contributed by atoms with van der Waals surface area (Å²) in [7, 11) is 0. The number of carbonyl (C=O) groups excluding carboxylic acids is 1. The van der Waals surface area contributed by atoms with Crippen LogP contribution in [0.3, 0.4) is 0 Å². The zero-order chi connectivity index (χ0) is 17.9. The fourth-order valence-corrected chi connectivity index (χ4v) is 2.66. The molecule has 1 amide bonds. The molecule has 2 aromatic carbocycles. The minimum absolute atomic E-state index is 0.313. The van der Waals surface area contributed by atoms with Crippen LogP contribution in [0.2, 0.25) is 0 Å². The van der Waals surface area contributed by atoms with Crippen molar-refractivity contribution in [2.45, 2.75) is 30.7 Å². The highest BCUT2D eigenvalue weighted by Crippen LogP contribution is 2.32. The Balaban J connectivity index is 2.21. The second-order valence-corrected chi connectivity index (χ2v) is 8.15. The quantitative estimate of drug-likeness (QED) is 0.564. The van der Waals surface area contributed by atoms with Crippen LogP contribution in [0.25, 0.3) is 0 Å². The summed E-state index contributed by atoms with van der Waals surface area (Å²) in [5.74, 6) is -0.313. The molecule has 0 bridgehead atoms. The predicted octanol–water partition coefficient (Wildman–Crippen LogP) is 5.15. The molecular weight excluding hydrogens is 367 g/mol. The van der Waals surface area contributed by atoms with Crippen molar-refractivity contribution in [2.24, 2.45) is 0 Å². The Kier molecular flexibility index (Phi) is 6.02. The fraction of sp³-hybridized carbons (Fsp3) is 0.278. The van der Waals surface area contributed by atoms with Gasteiger partial charge in [0, 0.05) is 11.3 Å². The van der Waals surface area contributed by atoms with Gasteiger partial charge in [-0.15, -0.1) is 0 Å². The smallest absolute Gasteiger partial charge is 0.252 e. The lowest BCUT2D eigenvalue weighted by atomic mass is 10.1. The van der Waals surface area contributed by atoms with Gasteiger partial charge in [-0.1, -0.05) is 70.2 Å². The van der Waals surface area contributed by atoms with Crippen molar-refractivity contribution in [3.05, 3.63) is 64.7 Å². The van der Waals surface area contributed by atoms with E-state index in [1.165, 1.54) is 0 Å². The van der Waals surface area contributed by atoms with Crippen molar-refractivity contribution >= 4 is 46.4 Å². The molecule has 1 atom stereocenters. The van der Waals surface area contributed by atoms with E-state index in [0.717, 1.165) is 22.4 Å². The van der Waals surface area contributed by atoms with Crippen LogP contribution in [0.5, 0.6) is 0 Å². The molecule has 0 fully saturated rings. The van der Waals surface area contributed by atoms with Gasteiger partial charge in [-0.2, -0.15) is 0 Å². The first kappa shape index (κ1) is 18.9. The van der Waals surface area contributed by atoms with Crippen molar-refractivity contribution in [3.63, 3.8) is 0 Å². The van der Waals surface area contributed by atoms with E-state index in [2.05, 4.69) is 10.6 Å². The summed E-state index contributed by atoms with van der Waals surface area (Å²) >= 11 is 18.1. The normalized spacial score (nSPS) is 12.6. The van der Waals surface area contributed by atoms with Gasteiger partial charge in [0.05, 0.1) is 0 Å². The van der Waals surface area contributed by atoms with E-state index in [0.29, 0.717) is 5.56 Å². The Bertz CT molecular complexity index is 741. The largest absolute Gasteiger partial charge is 0.362 e. The Hall–Kier alpha value is -1.42. The summed E-state index contributed by atoms with van der Waals surface area (Å²) in [4.78, 5) is 12.5. The molecule has 0 aromatic heterocycles. The third kappa shape index (κ3) is 5.04. The molecule has 24 heavy (non-hydrogen) atoms. The molecule has 0 saturated carbocycles. The number of anilines is 1. The van der Waals surface area contributed by atoms with Gasteiger partial charge >= 0.3 is 0 Å². The van der Waals surface area contributed by atoms with Crippen LogP contribution < -0.4 is 10.6 Å². The van der Waals surface area contributed by atoms with Crippen molar-refractivity contribution in [1.82, 2.24) is 5.32 Å². The molecule has 0 spiro atoms. The van der Waals surface area contributed by atoms with Crippen molar-refractivity contribution < 1.29 is 4.79 Å². The number of hydrogen-bond acceptors (Lipinski definition) is 2. The number of hydrogen-bond donors (Lipinski definition) is 2. The van der Waals surface area contributed by atoms with E-state index in [1.54, 1.807) is 12.1 Å². The van der Waals surface area contributed by atoms with Crippen molar-refractivity contribution in [2.75, 3.05) is 5.32 Å². The maximum atomic E-state index is 12.5. The maximum absolute atomic E-state index is 12.5. The summed E-state index contributed by atoms with van der Waals surface area (Å²) in [5.41, 5.74) is 4.42. The molecule has 2 N–H and O–H groups in total. The van der Waals surface area contributed by atoms with Crippen molar-refractivity contribution in [3.8, 4) is 0 Å². The maximum Gasteiger partial charge on any atom is 0.252 e. The lowest BCUT2D eigenvalue weighted by Crippen LogP contribution is -2.49. The highest BCUT2D eigenvalue weighted by molar-refractivity contribution is 6.68. The van der Waals surface area contributed by atoms with E-state index in [4.69, 9.17) is 34.8 Å². The first-order chi connectivity index (χ1) is 11.2. The summed E-state index contributed by atoms with van der Waals surface area (Å²) < 4.78 is -1.71. The number of alkyl halides is 3. The molecule has 0 unspecified atom stereocenters. The van der Waals surface area contributed by atoms with Gasteiger partial charge in [-0.25, -0.2) is 0 Å². The van der Waals surface area contributed by atoms with Gasteiger partial charge in [0.25, 0.3) is 5.91 Å². The van der Waals surface area contributed by atoms with Crippen LogP contribution >= 0.6 is 34.8 Å². The Morgan fingerprint density at radius 2 is 1.67 bits per heavy atom. The lowest BCUT2D eigenvalue weighted by Gasteiger charge is -2.28. The van der Waals surface area contributed by atoms with Gasteiger partial charge in [0.15, 0.2) is 0 Å². The molecule has 0 saturated heterocycles. The van der Waals surface area contributed by atoms with Gasteiger partial charge in [0.2, 0.25) is 3.79 Å². The van der Waals surface area contributed by atoms with Gasteiger partial charge in [-0.05, 0) is 44.5 Å². The monoisotopic (exact) mass is 384 g/mol. The average molecular weight is 386 g/mol. The van der Waals surface area contributed by atoms with Gasteiger partial charge in [-0.3, -0.25) is 4.79 Å². The summed E-state index contributed by atoms with van der Waals surface area (Å²) in [6.45, 7) is 5.87. The Labute approximate surface area is 157 Å². The van der Waals surface area contributed by atoms with E-state index in [9.17, 15) is 4.79 Å². The molecule has 0 radical (unpaired) electrons. The van der Waals surface area contributed by atoms with Crippen LogP contribution in [0.15, 0.2) is 42.5 Å². The number of aryl methyl sites for hydroxylation is 3. The van der Waals surface area contributed by atoms with Crippen LogP contribution in [0.4, 0.5) is 5.69 Å².